The molecule has 1 amide bonds. The molecule has 20 heavy (non-hydrogen) atoms. The molecule has 2 heterocycles. The summed E-state index contributed by atoms with van der Waals surface area (Å²) in [6, 6.07) is 3.83. The van der Waals surface area contributed by atoms with Crippen molar-refractivity contribution < 1.29 is 9.53 Å². The molecule has 0 aliphatic carbocycles. The quantitative estimate of drug-likeness (QED) is 0.865. The van der Waals surface area contributed by atoms with Crippen LogP contribution in [0.2, 0.25) is 0 Å². The first-order valence-corrected chi connectivity index (χ1v) is 6.79. The highest BCUT2D eigenvalue weighted by Gasteiger charge is 2.29. The Balaban J connectivity index is 1.86. The smallest absolute Gasteiger partial charge is 0.410 e. The summed E-state index contributed by atoms with van der Waals surface area (Å²) < 4.78 is 5.36. The van der Waals surface area contributed by atoms with E-state index in [4.69, 9.17) is 10.5 Å². The minimum atomic E-state index is -0.457. The van der Waals surface area contributed by atoms with Crippen LogP contribution >= 0.6 is 0 Å². The zero-order valence-corrected chi connectivity index (χ0v) is 12.2. The van der Waals surface area contributed by atoms with Crippen molar-refractivity contribution in [3.8, 4) is 0 Å². The maximum absolute atomic E-state index is 11.9. The van der Waals surface area contributed by atoms with E-state index in [-0.39, 0.29) is 12.1 Å². The molecule has 1 aromatic rings. The summed E-state index contributed by atoms with van der Waals surface area (Å²) in [6.45, 7) is 6.93. The van der Waals surface area contributed by atoms with Gasteiger partial charge in [-0.2, -0.15) is 0 Å². The molecule has 1 aliphatic heterocycles. The number of nitrogens with zero attached hydrogens (tertiary/aromatic N) is 2. The van der Waals surface area contributed by atoms with Crippen molar-refractivity contribution in [2.24, 2.45) is 0 Å². The predicted molar refractivity (Wildman–Crippen MR) is 78.5 cm³/mol. The van der Waals surface area contributed by atoms with Crippen LogP contribution in [-0.2, 0) is 4.74 Å². The molecule has 0 saturated carbocycles. The highest BCUT2D eigenvalue weighted by Crippen LogP contribution is 2.18. The maximum atomic E-state index is 11.9. The highest BCUT2D eigenvalue weighted by molar-refractivity contribution is 5.68. The van der Waals surface area contributed by atoms with Gasteiger partial charge in [0.15, 0.2) is 0 Å². The number of nitrogen functional groups attached to an aromatic ring is 1. The lowest BCUT2D eigenvalue weighted by Crippen LogP contribution is -2.36. The Kier molecular flexibility index (Phi) is 4.01. The van der Waals surface area contributed by atoms with Gasteiger partial charge >= 0.3 is 6.09 Å². The third-order valence-electron chi connectivity index (χ3n) is 2.98. The van der Waals surface area contributed by atoms with Gasteiger partial charge in [0.05, 0.1) is 11.9 Å². The van der Waals surface area contributed by atoms with Gasteiger partial charge in [-0.05, 0) is 39.3 Å². The fourth-order valence-corrected chi connectivity index (χ4v) is 2.07. The summed E-state index contributed by atoms with van der Waals surface area (Å²) in [5.41, 5.74) is 5.77. The molecule has 0 aromatic carbocycles. The number of nitrogens with two attached hydrogens (primary N) is 1. The van der Waals surface area contributed by atoms with Crippen molar-refractivity contribution in [1.29, 1.82) is 0 Å². The van der Waals surface area contributed by atoms with Crippen LogP contribution in [-0.4, -0.2) is 40.7 Å². The van der Waals surface area contributed by atoms with Crippen molar-refractivity contribution >= 4 is 17.6 Å². The van der Waals surface area contributed by atoms with Crippen molar-refractivity contribution in [2.45, 2.75) is 38.8 Å². The SMILES string of the molecule is CC(C)(C)OC(=O)N1CCC(Nc2ccc(N)cn2)C1. The van der Waals surface area contributed by atoms with Gasteiger partial charge in [-0.3, -0.25) is 0 Å². The normalized spacial score (nSPS) is 18.9. The Morgan fingerprint density at radius 2 is 2.25 bits per heavy atom. The fraction of sp³-hybridized carbons (Fsp3) is 0.571. The average molecular weight is 278 g/mol. The number of amides is 1. The standard InChI is InChI=1S/C14H22N4O2/c1-14(2,3)20-13(19)18-7-6-11(9-18)17-12-5-4-10(15)8-16-12/h4-5,8,11H,6-7,9,15H2,1-3H3,(H,16,17). The van der Waals surface area contributed by atoms with Crippen LogP contribution in [0.25, 0.3) is 0 Å². The summed E-state index contributed by atoms with van der Waals surface area (Å²) in [6.07, 6.45) is 2.24. The van der Waals surface area contributed by atoms with Gasteiger partial charge in [0, 0.05) is 19.1 Å². The summed E-state index contributed by atoms with van der Waals surface area (Å²) in [4.78, 5) is 17.9. The first-order chi connectivity index (χ1) is 9.33. The second-order valence-corrected chi connectivity index (χ2v) is 6.03. The number of nitrogens with one attached hydrogen (secondary N) is 1. The summed E-state index contributed by atoms with van der Waals surface area (Å²) in [5, 5.41) is 3.30. The maximum Gasteiger partial charge on any atom is 0.410 e. The van der Waals surface area contributed by atoms with Crippen molar-refractivity contribution in [3.05, 3.63) is 18.3 Å². The molecule has 2 rings (SSSR count). The number of hydrogen-bond acceptors (Lipinski definition) is 5. The first kappa shape index (κ1) is 14.4. The Hall–Kier alpha value is -1.98. The number of anilines is 2. The van der Waals surface area contributed by atoms with E-state index >= 15 is 0 Å². The average Bonchev–Trinajstić information content (AvgIpc) is 2.79. The molecule has 3 N–H and O–H groups in total. The Bertz CT molecular complexity index is 467. The summed E-state index contributed by atoms with van der Waals surface area (Å²) >= 11 is 0. The lowest BCUT2D eigenvalue weighted by Gasteiger charge is -2.24. The van der Waals surface area contributed by atoms with Crippen LogP contribution in [0.3, 0.4) is 0 Å². The number of pyridine rings is 1. The van der Waals surface area contributed by atoms with Gasteiger partial charge in [0.25, 0.3) is 0 Å². The number of rotatable bonds is 2. The van der Waals surface area contributed by atoms with E-state index in [9.17, 15) is 4.79 Å². The van der Waals surface area contributed by atoms with Crippen LogP contribution in [0.5, 0.6) is 0 Å². The summed E-state index contributed by atoms with van der Waals surface area (Å²) in [5.74, 6) is 0.773. The second-order valence-electron chi connectivity index (χ2n) is 6.03. The minimum Gasteiger partial charge on any atom is -0.444 e. The lowest BCUT2D eigenvalue weighted by molar-refractivity contribution is 0.0293. The van der Waals surface area contributed by atoms with Crippen LogP contribution < -0.4 is 11.1 Å². The summed E-state index contributed by atoms with van der Waals surface area (Å²) in [7, 11) is 0. The van der Waals surface area contributed by atoms with Gasteiger partial charge in [0.2, 0.25) is 0 Å². The number of aromatic nitrogens is 1. The Labute approximate surface area is 119 Å². The zero-order chi connectivity index (χ0) is 14.8. The minimum absolute atomic E-state index is 0.193. The predicted octanol–water partition coefficient (Wildman–Crippen LogP) is 2.09. The van der Waals surface area contributed by atoms with E-state index in [0.717, 1.165) is 12.2 Å². The number of carbonyl (C=O) groups is 1. The van der Waals surface area contributed by atoms with Crippen molar-refractivity contribution in [2.75, 3.05) is 24.1 Å². The van der Waals surface area contributed by atoms with Crippen LogP contribution in [0.4, 0.5) is 16.3 Å². The van der Waals surface area contributed by atoms with Crippen molar-refractivity contribution in [1.82, 2.24) is 9.88 Å². The van der Waals surface area contributed by atoms with Crippen LogP contribution in [0.1, 0.15) is 27.2 Å². The molecule has 1 aliphatic rings. The lowest BCUT2D eigenvalue weighted by atomic mass is 10.2. The molecule has 0 radical (unpaired) electrons. The Morgan fingerprint density at radius 1 is 1.50 bits per heavy atom. The molecule has 1 saturated heterocycles. The molecule has 6 heteroatoms. The van der Waals surface area contributed by atoms with Crippen LogP contribution in [0, 0.1) is 0 Å². The molecule has 1 unspecified atom stereocenters. The van der Waals surface area contributed by atoms with E-state index in [1.54, 1.807) is 17.2 Å². The van der Waals surface area contributed by atoms with E-state index in [2.05, 4.69) is 10.3 Å². The van der Waals surface area contributed by atoms with Crippen molar-refractivity contribution in [3.63, 3.8) is 0 Å². The van der Waals surface area contributed by atoms with E-state index in [1.165, 1.54) is 0 Å². The van der Waals surface area contributed by atoms with E-state index in [0.29, 0.717) is 18.8 Å². The molecular weight excluding hydrogens is 256 g/mol. The molecule has 0 bridgehead atoms. The molecule has 110 valence electrons. The molecule has 1 atom stereocenters. The Morgan fingerprint density at radius 3 is 2.85 bits per heavy atom. The van der Waals surface area contributed by atoms with Gasteiger partial charge < -0.3 is 20.7 Å². The number of carbonyl (C=O) groups excluding carboxylic acids is 1. The third-order valence-corrected chi connectivity index (χ3v) is 2.98. The largest absolute Gasteiger partial charge is 0.444 e. The molecule has 1 fully saturated rings. The first-order valence-electron chi connectivity index (χ1n) is 6.79. The van der Waals surface area contributed by atoms with Gasteiger partial charge in [0.1, 0.15) is 11.4 Å². The molecule has 1 aromatic heterocycles. The van der Waals surface area contributed by atoms with Crippen LogP contribution in [0.15, 0.2) is 18.3 Å². The fourth-order valence-electron chi connectivity index (χ4n) is 2.07. The molecular formula is C14H22N4O2. The monoisotopic (exact) mass is 278 g/mol. The topological polar surface area (TPSA) is 80.5 Å². The van der Waals surface area contributed by atoms with Gasteiger partial charge in [-0.15, -0.1) is 0 Å². The second kappa shape index (κ2) is 5.56. The number of likely N-dealkylation sites (tertiary alicyclic amines) is 1. The molecule has 0 spiro atoms. The van der Waals surface area contributed by atoms with E-state index < -0.39 is 5.60 Å². The molecule has 6 nitrogen and oxygen atoms in total. The van der Waals surface area contributed by atoms with E-state index in [1.807, 2.05) is 26.8 Å². The van der Waals surface area contributed by atoms with Gasteiger partial charge in [-0.25, -0.2) is 9.78 Å². The van der Waals surface area contributed by atoms with Gasteiger partial charge in [-0.1, -0.05) is 0 Å². The number of hydrogen-bond donors (Lipinski definition) is 2. The highest BCUT2D eigenvalue weighted by atomic mass is 16.6. The third kappa shape index (κ3) is 4.01. The number of ether oxygens (including phenoxy) is 1. The zero-order valence-electron chi connectivity index (χ0n) is 12.2.